The average Bonchev–Trinajstić information content (AvgIpc) is 2.65. The minimum atomic E-state index is -3.11. The first-order chi connectivity index (χ1) is 7.96. The Kier molecular flexibility index (Phi) is 8.11. The molecule has 1 aliphatic rings. The summed E-state index contributed by atoms with van der Waals surface area (Å²) in [5, 5.41) is 6.12. The number of hydrogen-bond acceptors (Lipinski definition) is 3. The molecule has 0 aromatic carbocycles. The number of guanidine groups is 1. The first-order valence-electron chi connectivity index (χ1n) is 5.82. The highest BCUT2D eigenvalue weighted by Gasteiger charge is 2.29. The second-order valence-electron chi connectivity index (χ2n) is 4.39. The number of sulfonamides is 1. The van der Waals surface area contributed by atoms with Gasteiger partial charge in [-0.3, -0.25) is 4.99 Å². The molecule has 8 heteroatoms. The summed E-state index contributed by atoms with van der Waals surface area (Å²) in [6, 6.07) is 0.0486. The molecule has 1 saturated carbocycles. The molecule has 6 nitrogen and oxygen atoms in total. The molecule has 0 aromatic rings. The van der Waals surface area contributed by atoms with Gasteiger partial charge in [-0.1, -0.05) is 6.42 Å². The van der Waals surface area contributed by atoms with Gasteiger partial charge in [-0.15, -0.1) is 24.0 Å². The topological polar surface area (TPSA) is 82.6 Å². The predicted molar refractivity (Wildman–Crippen MR) is 84.9 cm³/mol. The highest BCUT2D eigenvalue weighted by Crippen LogP contribution is 2.25. The summed E-state index contributed by atoms with van der Waals surface area (Å²) in [4.78, 5) is 4.02. The van der Waals surface area contributed by atoms with Crippen LogP contribution < -0.4 is 15.4 Å². The monoisotopic (exact) mass is 390 g/mol. The van der Waals surface area contributed by atoms with Crippen LogP contribution in [-0.4, -0.2) is 47.3 Å². The Hall–Kier alpha value is -0.0900. The van der Waals surface area contributed by atoms with Crippen LogP contribution in [0.25, 0.3) is 0 Å². The maximum absolute atomic E-state index is 11.2. The maximum atomic E-state index is 11.2. The van der Waals surface area contributed by atoms with Gasteiger partial charge in [-0.25, -0.2) is 13.1 Å². The molecule has 0 amide bonds. The molecular formula is C10H23IN4O2S. The minimum Gasteiger partial charge on any atom is -0.359 e. The summed E-state index contributed by atoms with van der Waals surface area (Å²) in [5.74, 6) is 1.06. The molecule has 2 atom stereocenters. The number of aliphatic imine (C=N–C) groups is 1. The van der Waals surface area contributed by atoms with Gasteiger partial charge >= 0.3 is 0 Å². The molecule has 0 saturated heterocycles. The molecular weight excluding hydrogens is 367 g/mol. The van der Waals surface area contributed by atoms with Crippen molar-refractivity contribution in [2.24, 2.45) is 10.9 Å². The van der Waals surface area contributed by atoms with Crippen molar-refractivity contribution in [2.75, 3.05) is 26.9 Å². The fraction of sp³-hybridized carbons (Fsp3) is 0.900. The average molecular weight is 390 g/mol. The van der Waals surface area contributed by atoms with E-state index in [0.717, 1.165) is 31.8 Å². The van der Waals surface area contributed by atoms with Gasteiger partial charge in [0.25, 0.3) is 0 Å². The number of halogens is 1. The van der Waals surface area contributed by atoms with E-state index in [4.69, 9.17) is 0 Å². The van der Waals surface area contributed by atoms with Crippen molar-refractivity contribution < 1.29 is 8.42 Å². The predicted octanol–water partition coefficient (Wildman–Crippen LogP) is 0.117. The summed E-state index contributed by atoms with van der Waals surface area (Å²) >= 11 is 0. The molecule has 2 unspecified atom stereocenters. The molecule has 3 N–H and O–H groups in total. The van der Waals surface area contributed by atoms with Crippen LogP contribution in [0.1, 0.15) is 19.3 Å². The van der Waals surface area contributed by atoms with Gasteiger partial charge in [0.05, 0.1) is 6.26 Å². The van der Waals surface area contributed by atoms with E-state index >= 15 is 0 Å². The van der Waals surface area contributed by atoms with Gasteiger partial charge in [0.15, 0.2) is 5.96 Å². The Morgan fingerprint density at radius 1 is 1.39 bits per heavy atom. The minimum absolute atomic E-state index is 0. The van der Waals surface area contributed by atoms with Gasteiger partial charge < -0.3 is 10.6 Å². The molecule has 1 aliphatic carbocycles. The lowest BCUT2D eigenvalue weighted by atomic mass is 10.1. The zero-order valence-electron chi connectivity index (χ0n) is 11.1. The largest absolute Gasteiger partial charge is 0.359 e. The molecule has 1 rings (SSSR count). The first-order valence-corrected chi connectivity index (χ1v) is 7.71. The zero-order valence-corrected chi connectivity index (χ0v) is 14.2. The fourth-order valence-electron chi connectivity index (χ4n) is 2.22. The van der Waals surface area contributed by atoms with Crippen molar-refractivity contribution in [3.63, 3.8) is 0 Å². The molecule has 0 bridgehead atoms. The quantitative estimate of drug-likeness (QED) is 0.362. The van der Waals surface area contributed by atoms with E-state index in [1.807, 2.05) is 0 Å². The van der Waals surface area contributed by atoms with Crippen LogP contribution in [0, 0.1) is 5.92 Å². The highest BCUT2D eigenvalue weighted by atomic mass is 127. The third-order valence-corrected chi connectivity index (χ3v) is 3.75. The van der Waals surface area contributed by atoms with Crippen LogP contribution >= 0.6 is 24.0 Å². The molecule has 0 radical (unpaired) electrons. The normalized spacial score (nSPS) is 24.5. The SMILES string of the molecule is CN=C(NC)NCC1CCCC1NS(C)(=O)=O.I. The highest BCUT2D eigenvalue weighted by molar-refractivity contribution is 14.0. The van der Waals surface area contributed by atoms with Gasteiger partial charge in [-0.2, -0.15) is 0 Å². The van der Waals surface area contributed by atoms with Crippen molar-refractivity contribution in [1.82, 2.24) is 15.4 Å². The van der Waals surface area contributed by atoms with Crippen LogP contribution in [-0.2, 0) is 10.0 Å². The smallest absolute Gasteiger partial charge is 0.208 e. The number of hydrogen-bond donors (Lipinski definition) is 3. The van der Waals surface area contributed by atoms with Crippen molar-refractivity contribution in [2.45, 2.75) is 25.3 Å². The second kappa shape index (κ2) is 8.16. The number of nitrogens with one attached hydrogen (secondary N) is 3. The molecule has 0 heterocycles. The lowest BCUT2D eigenvalue weighted by Gasteiger charge is -2.21. The Morgan fingerprint density at radius 2 is 2.06 bits per heavy atom. The Labute approximate surface area is 126 Å². The van der Waals surface area contributed by atoms with Crippen molar-refractivity contribution in [3.05, 3.63) is 0 Å². The third-order valence-electron chi connectivity index (χ3n) is 3.02. The van der Waals surface area contributed by atoms with E-state index in [0.29, 0.717) is 5.92 Å². The molecule has 18 heavy (non-hydrogen) atoms. The first kappa shape index (κ1) is 17.9. The Morgan fingerprint density at radius 3 is 2.56 bits per heavy atom. The summed E-state index contributed by atoms with van der Waals surface area (Å²) in [6.07, 6.45) is 4.23. The van der Waals surface area contributed by atoms with E-state index in [-0.39, 0.29) is 30.0 Å². The standard InChI is InChI=1S/C10H22N4O2S.HI/c1-11-10(12-2)13-7-8-5-4-6-9(8)14-17(3,15)16;/h8-9,14H,4-7H2,1-3H3,(H2,11,12,13);1H. The van der Waals surface area contributed by atoms with Crippen LogP contribution in [0.5, 0.6) is 0 Å². The van der Waals surface area contributed by atoms with Gasteiger partial charge in [0.2, 0.25) is 10.0 Å². The molecule has 0 aliphatic heterocycles. The molecule has 1 fully saturated rings. The summed E-state index contributed by atoms with van der Waals surface area (Å²) in [5.41, 5.74) is 0. The molecule has 108 valence electrons. The summed E-state index contributed by atoms with van der Waals surface area (Å²) < 4.78 is 25.1. The fourth-order valence-corrected chi connectivity index (χ4v) is 3.08. The van der Waals surface area contributed by atoms with Gasteiger partial charge in [-0.05, 0) is 18.8 Å². The van der Waals surface area contributed by atoms with E-state index in [9.17, 15) is 8.42 Å². The van der Waals surface area contributed by atoms with Gasteiger partial charge in [0, 0.05) is 26.7 Å². The lowest BCUT2D eigenvalue weighted by molar-refractivity contribution is 0.439. The van der Waals surface area contributed by atoms with Crippen molar-refractivity contribution in [1.29, 1.82) is 0 Å². The van der Waals surface area contributed by atoms with Crippen LogP contribution in [0.3, 0.4) is 0 Å². The van der Waals surface area contributed by atoms with Crippen molar-refractivity contribution >= 4 is 40.0 Å². The van der Waals surface area contributed by atoms with Gasteiger partial charge in [0.1, 0.15) is 0 Å². The van der Waals surface area contributed by atoms with E-state index < -0.39 is 10.0 Å². The second-order valence-corrected chi connectivity index (χ2v) is 6.17. The maximum Gasteiger partial charge on any atom is 0.208 e. The van der Waals surface area contributed by atoms with Crippen molar-refractivity contribution in [3.8, 4) is 0 Å². The number of nitrogens with zero attached hydrogens (tertiary/aromatic N) is 1. The van der Waals surface area contributed by atoms with Crippen LogP contribution in [0.15, 0.2) is 4.99 Å². The van der Waals surface area contributed by atoms with E-state index in [1.54, 1.807) is 14.1 Å². The van der Waals surface area contributed by atoms with Crippen LogP contribution in [0.2, 0.25) is 0 Å². The summed E-state index contributed by atoms with van der Waals surface area (Å²) in [6.45, 7) is 0.737. The number of rotatable bonds is 4. The van der Waals surface area contributed by atoms with E-state index in [2.05, 4.69) is 20.3 Å². The summed E-state index contributed by atoms with van der Waals surface area (Å²) in [7, 11) is 0.396. The zero-order chi connectivity index (χ0) is 12.9. The lowest BCUT2D eigenvalue weighted by Crippen LogP contribution is -2.44. The Bertz CT molecular complexity index is 372. The molecule has 0 spiro atoms. The Balaban J connectivity index is 0.00000289. The third kappa shape index (κ3) is 6.19. The molecule has 0 aromatic heterocycles. The van der Waals surface area contributed by atoms with Crippen LogP contribution in [0.4, 0.5) is 0 Å². The van der Waals surface area contributed by atoms with E-state index in [1.165, 1.54) is 6.26 Å².